The molecule has 0 radical (unpaired) electrons. The van der Waals surface area contributed by atoms with Crippen molar-refractivity contribution in [1.29, 1.82) is 0 Å². The number of fused-ring (bicyclic) bond motifs is 1. The molecule has 0 spiro atoms. The van der Waals surface area contributed by atoms with E-state index in [9.17, 15) is 19.1 Å². The van der Waals surface area contributed by atoms with Gasteiger partial charge in [-0.2, -0.15) is 5.10 Å². The van der Waals surface area contributed by atoms with E-state index in [1.807, 2.05) is 31.2 Å². The number of hydrogen-bond acceptors (Lipinski definition) is 4. The molecule has 2 aromatic rings. The fourth-order valence-electron chi connectivity index (χ4n) is 4.10. The lowest BCUT2D eigenvalue weighted by Crippen LogP contribution is -2.43. The number of amides is 1. The number of likely N-dealkylation sites (tertiary alicyclic amines) is 1. The first-order valence-corrected chi connectivity index (χ1v) is 9.72. The van der Waals surface area contributed by atoms with Crippen LogP contribution in [0.1, 0.15) is 42.3 Å². The predicted molar refractivity (Wildman–Crippen MR) is 101 cm³/mol. The number of aryl methyl sites for hydroxylation is 2. The Kier molecular flexibility index (Phi) is 4.82. The topological polar surface area (TPSA) is 80.4 Å². The van der Waals surface area contributed by atoms with Crippen LogP contribution in [0.5, 0.6) is 0 Å². The van der Waals surface area contributed by atoms with Gasteiger partial charge in [0.15, 0.2) is 5.67 Å². The van der Waals surface area contributed by atoms with Crippen LogP contribution in [0.25, 0.3) is 0 Å². The van der Waals surface area contributed by atoms with E-state index in [0.29, 0.717) is 25.2 Å². The molecule has 1 aromatic heterocycles. The monoisotopic (exact) mass is 388 g/mol. The van der Waals surface area contributed by atoms with Gasteiger partial charge in [0.05, 0.1) is 19.7 Å². The van der Waals surface area contributed by atoms with Crippen LogP contribution >= 0.6 is 0 Å². The van der Waals surface area contributed by atoms with E-state index in [1.54, 1.807) is 0 Å². The number of benzene rings is 1. The van der Waals surface area contributed by atoms with E-state index in [-0.39, 0.29) is 31.1 Å². The molecule has 2 aliphatic rings. The summed E-state index contributed by atoms with van der Waals surface area (Å²) in [7, 11) is 0. The molecule has 28 heavy (non-hydrogen) atoms. The van der Waals surface area contributed by atoms with Gasteiger partial charge in [0.1, 0.15) is 11.9 Å². The Hall–Kier alpha value is -2.48. The summed E-state index contributed by atoms with van der Waals surface area (Å²) in [5.74, 6) is 0.348. The molecule has 2 aliphatic heterocycles. The molecule has 1 fully saturated rings. The molecule has 4 rings (SSSR count). The van der Waals surface area contributed by atoms with E-state index in [2.05, 4.69) is 5.10 Å². The van der Waals surface area contributed by atoms with Gasteiger partial charge in [-0.05, 0) is 25.3 Å². The molecule has 8 heteroatoms. The average molecular weight is 388 g/mol. The number of carbonyl (C=O) groups excluding carboxylic acids is 1. The second-order valence-electron chi connectivity index (χ2n) is 7.94. The summed E-state index contributed by atoms with van der Waals surface area (Å²) in [5.41, 5.74) is 0.0637. The van der Waals surface area contributed by atoms with Gasteiger partial charge in [-0.1, -0.05) is 29.8 Å². The maximum Gasteiger partial charge on any atom is 0.346 e. The van der Waals surface area contributed by atoms with E-state index in [1.165, 1.54) is 14.1 Å². The smallest absolute Gasteiger partial charge is 0.346 e. The van der Waals surface area contributed by atoms with Gasteiger partial charge in [0.2, 0.25) is 5.91 Å². The minimum atomic E-state index is -1.74. The van der Waals surface area contributed by atoms with Crippen LogP contribution in [-0.2, 0) is 17.8 Å². The molecular weight excluding hydrogens is 363 g/mol. The Morgan fingerprint density at radius 2 is 2.11 bits per heavy atom. The lowest BCUT2D eigenvalue weighted by molar-refractivity contribution is -0.135. The first-order valence-electron chi connectivity index (χ1n) is 9.72. The van der Waals surface area contributed by atoms with Crippen LogP contribution in [0.2, 0.25) is 0 Å². The Morgan fingerprint density at radius 1 is 1.36 bits per heavy atom. The lowest BCUT2D eigenvalue weighted by atomic mass is 10.0. The van der Waals surface area contributed by atoms with Crippen molar-refractivity contribution in [1.82, 2.24) is 19.2 Å². The minimum absolute atomic E-state index is 0.121. The first kappa shape index (κ1) is 18.9. The van der Waals surface area contributed by atoms with Crippen molar-refractivity contribution in [3.63, 3.8) is 0 Å². The van der Waals surface area contributed by atoms with Crippen molar-refractivity contribution in [2.45, 2.75) is 50.9 Å². The molecular formula is C20H25FN4O3. The number of hydrogen-bond donors (Lipinski definition) is 1. The number of aliphatic hydroxyl groups excluding tert-OH is 1. The first-order chi connectivity index (χ1) is 13.4. The summed E-state index contributed by atoms with van der Waals surface area (Å²) < 4.78 is 17.2. The van der Waals surface area contributed by atoms with Crippen LogP contribution in [0.4, 0.5) is 4.39 Å². The second kappa shape index (κ2) is 7.16. The normalized spacial score (nSPS) is 24.4. The number of rotatable bonds is 4. The highest BCUT2D eigenvalue weighted by Crippen LogP contribution is 2.30. The number of alkyl halides is 1. The summed E-state index contributed by atoms with van der Waals surface area (Å²) >= 11 is 0. The van der Waals surface area contributed by atoms with Crippen molar-refractivity contribution in [2.24, 2.45) is 0 Å². The summed E-state index contributed by atoms with van der Waals surface area (Å²) in [6, 6.07) is 7.25. The average Bonchev–Trinajstić information content (AvgIpc) is 3.24. The molecule has 0 aliphatic carbocycles. The van der Waals surface area contributed by atoms with Crippen LogP contribution in [0, 0.1) is 6.92 Å². The molecule has 150 valence electrons. The van der Waals surface area contributed by atoms with Gasteiger partial charge in [-0.25, -0.2) is 13.9 Å². The summed E-state index contributed by atoms with van der Waals surface area (Å²) in [5, 5.41) is 13.7. The van der Waals surface area contributed by atoms with Crippen LogP contribution in [0.15, 0.2) is 29.1 Å². The highest BCUT2D eigenvalue weighted by atomic mass is 19.1. The maximum absolute atomic E-state index is 14.3. The quantitative estimate of drug-likeness (QED) is 0.854. The summed E-state index contributed by atoms with van der Waals surface area (Å²) in [6.07, 6.45) is 2.06. The third-order valence-electron chi connectivity index (χ3n) is 5.77. The molecule has 0 bridgehead atoms. The number of halogens is 1. The second-order valence-corrected chi connectivity index (χ2v) is 7.94. The van der Waals surface area contributed by atoms with Crippen LogP contribution in [-0.4, -0.2) is 55.6 Å². The molecule has 7 nitrogen and oxygen atoms in total. The predicted octanol–water partition coefficient (Wildman–Crippen LogP) is 1.21. The third kappa shape index (κ3) is 3.37. The molecule has 0 saturated carbocycles. The Labute approximate surface area is 162 Å². The fraction of sp³-hybridized carbons (Fsp3) is 0.550. The van der Waals surface area contributed by atoms with Gasteiger partial charge < -0.3 is 10.0 Å². The van der Waals surface area contributed by atoms with Crippen molar-refractivity contribution < 1.29 is 14.3 Å². The number of carbonyl (C=O) groups is 1. The zero-order chi connectivity index (χ0) is 19.9. The molecule has 1 aromatic carbocycles. The minimum Gasteiger partial charge on any atom is -0.393 e. The van der Waals surface area contributed by atoms with Gasteiger partial charge in [0, 0.05) is 19.4 Å². The Bertz CT molecular complexity index is 936. The fourth-order valence-corrected chi connectivity index (χ4v) is 4.10. The Morgan fingerprint density at radius 3 is 2.79 bits per heavy atom. The van der Waals surface area contributed by atoms with Crippen LogP contribution < -0.4 is 5.69 Å². The van der Waals surface area contributed by atoms with Crippen molar-refractivity contribution in [3.8, 4) is 0 Å². The van der Waals surface area contributed by atoms with E-state index < -0.39 is 18.3 Å². The number of aromatic nitrogens is 3. The third-order valence-corrected chi connectivity index (χ3v) is 5.77. The number of nitrogens with zero attached hydrogens (tertiary/aromatic N) is 4. The van der Waals surface area contributed by atoms with Crippen molar-refractivity contribution >= 4 is 5.91 Å². The largest absolute Gasteiger partial charge is 0.393 e. The highest BCUT2D eigenvalue weighted by molar-refractivity contribution is 5.81. The molecule has 1 N–H and O–H groups in total. The van der Waals surface area contributed by atoms with Gasteiger partial charge >= 0.3 is 5.69 Å². The van der Waals surface area contributed by atoms with Crippen molar-refractivity contribution in [2.75, 3.05) is 19.7 Å². The van der Waals surface area contributed by atoms with Crippen molar-refractivity contribution in [3.05, 3.63) is 51.7 Å². The summed E-state index contributed by atoms with van der Waals surface area (Å²) in [4.78, 5) is 27.4. The standard InChI is InChI=1S/C20H25FN4O3/c1-14-5-7-15(8-6-14)11-24-19(28)25-16(3-2-4-17(25)22-24)18(27)23-10-9-20(21,12-23)13-26/h5-8,16,26H,2-4,9-13H2,1H3/t16-,20?/m0/s1. The number of aliphatic hydroxyl groups is 1. The zero-order valence-corrected chi connectivity index (χ0v) is 16.0. The molecule has 3 heterocycles. The lowest BCUT2D eigenvalue weighted by Gasteiger charge is -2.27. The molecule has 1 amide bonds. The Balaban J connectivity index is 1.59. The molecule has 2 atom stereocenters. The SMILES string of the molecule is Cc1ccc(Cn2nc3n(c2=O)[C@H](C(=O)N2CCC(F)(CO)C2)CCC3)cc1. The zero-order valence-electron chi connectivity index (χ0n) is 16.0. The van der Waals surface area contributed by atoms with Gasteiger partial charge in [-0.3, -0.25) is 9.36 Å². The molecule has 1 saturated heterocycles. The summed E-state index contributed by atoms with van der Waals surface area (Å²) in [6.45, 7) is 1.89. The molecule has 1 unspecified atom stereocenters. The van der Waals surface area contributed by atoms with Gasteiger partial charge in [-0.15, -0.1) is 0 Å². The van der Waals surface area contributed by atoms with Crippen LogP contribution in [0.3, 0.4) is 0 Å². The van der Waals surface area contributed by atoms with E-state index in [0.717, 1.165) is 17.5 Å². The van der Waals surface area contributed by atoms with E-state index >= 15 is 0 Å². The highest BCUT2D eigenvalue weighted by Gasteiger charge is 2.43. The van der Waals surface area contributed by atoms with E-state index in [4.69, 9.17) is 0 Å². The van der Waals surface area contributed by atoms with Gasteiger partial charge in [0.25, 0.3) is 0 Å². The maximum atomic E-state index is 14.3.